The number of nitrogens with two attached hydrogens (primary N) is 1. The van der Waals surface area contributed by atoms with E-state index in [0.29, 0.717) is 17.3 Å². The van der Waals surface area contributed by atoms with Crippen molar-refractivity contribution in [3.63, 3.8) is 0 Å². The summed E-state index contributed by atoms with van der Waals surface area (Å²) < 4.78 is 12.2. The summed E-state index contributed by atoms with van der Waals surface area (Å²) in [6.45, 7) is 1.92. The zero-order chi connectivity index (χ0) is 12.3. The molecule has 0 radical (unpaired) electrons. The minimum atomic E-state index is -1.16. The molecule has 0 fully saturated rings. The van der Waals surface area contributed by atoms with Gasteiger partial charge in [0.1, 0.15) is 5.82 Å². The van der Waals surface area contributed by atoms with Gasteiger partial charge >= 0.3 is 0 Å². The van der Waals surface area contributed by atoms with Crippen molar-refractivity contribution >= 4 is 16.5 Å². The number of aromatic nitrogens is 2. The van der Waals surface area contributed by atoms with Crippen molar-refractivity contribution < 1.29 is 4.21 Å². The number of nitrogen functional groups attached to an aromatic ring is 1. The highest BCUT2D eigenvalue weighted by Crippen LogP contribution is 2.18. The molecule has 0 saturated carbocycles. The molecule has 88 valence electrons. The van der Waals surface area contributed by atoms with Gasteiger partial charge in [0.2, 0.25) is 0 Å². The molecular formula is C12H13N3OS. The lowest BCUT2D eigenvalue weighted by atomic mass is 10.2. The summed E-state index contributed by atoms with van der Waals surface area (Å²) in [4.78, 5) is 8.87. The van der Waals surface area contributed by atoms with Crippen LogP contribution in [-0.4, -0.2) is 14.2 Å². The minimum Gasteiger partial charge on any atom is -0.399 e. The Labute approximate surface area is 102 Å². The largest absolute Gasteiger partial charge is 0.399 e. The van der Waals surface area contributed by atoms with E-state index in [1.54, 1.807) is 30.6 Å². The molecule has 0 aliphatic rings. The van der Waals surface area contributed by atoms with Gasteiger partial charge in [-0.05, 0) is 30.7 Å². The molecule has 0 aliphatic carbocycles. The quantitative estimate of drug-likeness (QED) is 0.838. The number of nitrogens with zero attached hydrogens (tertiary/aromatic N) is 2. The van der Waals surface area contributed by atoms with E-state index >= 15 is 0 Å². The monoisotopic (exact) mass is 247 g/mol. The molecule has 0 amide bonds. The average Bonchev–Trinajstić information content (AvgIpc) is 2.33. The molecule has 1 aromatic carbocycles. The second-order valence-corrected chi connectivity index (χ2v) is 5.10. The smallest absolute Gasteiger partial charge is 0.141 e. The Hall–Kier alpha value is -1.75. The molecule has 17 heavy (non-hydrogen) atoms. The standard InChI is InChI=1S/C12H13N3OS/c1-9-3-4-10(13)7-11(9)17(16)8-12-14-5-2-6-15-12/h2-7H,8,13H2,1H3. The molecule has 2 N–H and O–H groups in total. The minimum absolute atomic E-state index is 0.311. The molecule has 2 rings (SSSR count). The van der Waals surface area contributed by atoms with Crippen LogP contribution in [-0.2, 0) is 16.6 Å². The van der Waals surface area contributed by atoms with Gasteiger partial charge in [0.05, 0.1) is 16.6 Å². The third-order valence-electron chi connectivity index (χ3n) is 2.34. The van der Waals surface area contributed by atoms with Crippen LogP contribution in [0.1, 0.15) is 11.4 Å². The predicted molar refractivity (Wildman–Crippen MR) is 67.7 cm³/mol. The predicted octanol–water partition coefficient (Wildman–Crippen LogP) is 1.68. The van der Waals surface area contributed by atoms with Gasteiger partial charge in [0.25, 0.3) is 0 Å². The van der Waals surface area contributed by atoms with Gasteiger partial charge in [-0.1, -0.05) is 6.07 Å². The Morgan fingerprint density at radius 1 is 1.29 bits per heavy atom. The summed E-state index contributed by atoms with van der Waals surface area (Å²) in [6.07, 6.45) is 3.29. The Morgan fingerprint density at radius 2 is 2.00 bits per heavy atom. The van der Waals surface area contributed by atoms with E-state index in [1.807, 2.05) is 13.0 Å². The second-order valence-electron chi connectivity index (χ2n) is 3.68. The summed E-state index contributed by atoms with van der Waals surface area (Å²) in [7, 11) is -1.16. The lowest BCUT2D eigenvalue weighted by molar-refractivity contribution is 0.681. The lowest BCUT2D eigenvalue weighted by Crippen LogP contribution is -2.03. The lowest BCUT2D eigenvalue weighted by Gasteiger charge is -2.06. The van der Waals surface area contributed by atoms with Crippen LogP contribution < -0.4 is 5.73 Å². The van der Waals surface area contributed by atoms with Crippen LogP contribution in [0.3, 0.4) is 0 Å². The third-order valence-corrected chi connectivity index (χ3v) is 3.79. The van der Waals surface area contributed by atoms with Crippen molar-refractivity contribution in [3.05, 3.63) is 48.0 Å². The van der Waals surface area contributed by atoms with Gasteiger partial charge in [0.15, 0.2) is 0 Å². The van der Waals surface area contributed by atoms with Crippen LogP contribution in [0.2, 0.25) is 0 Å². The first-order valence-corrected chi connectivity index (χ1v) is 6.49. The van der Waals surface area contributed by atoms with Crippen molar-refractivity contribution in [2.75, 3.05) is 5.73 Å². The van der Waals surface area contributed by atoms with Crippen LogP contribution in [0.25, 0.3) is 0 Å². The first-order valence-electron chi connectivity index (χ1n) is 5.17. The molecular weight excluding hydrogens is 234 g/mol. The first-order chi connectivity index (χ1) is 8.16. The Bertz CT molecular complexity index is 543. The SMILES string of the molecule is Cc1ccc(N)cc1S(=O)Cc1ncccn1. The number of hydrogen-bond acceptors (Lipinski definition) is 4. The maximum atomic E-state index is 12.2. The summed E-state index contributed by atoms with van der Waals surface area (Å²) in [5.41, 5.74) is 7.28. The van der Waals surface area contributed by atoms with E-state index < -0.39 is 10.8 Å². The number of benzene rings is 1. The van der Waals surface area contributed by atoms with Gasteiger partial charge < -0.3 is 5.73 Å². The van der Waals surface area contributed by atoms with E-state index in [4.69, 9.17) is 5.73 Å². The van der Waals surface area contributed by atoms with E-state index in [1.165, 1.54) is 0 Å². The number of anilines is 1. The van der Waals surface area contributed by atoms with Gasteiger partial charge in [-0.25, -0.2) is 9.97 Å². The van der Waals surface area contributed by atoms with Crippen molar-refractivity contribution in [2.45, 2.75) is 17.6 Å². The zero-order valence-corrected chi connectivity index (χ0v) is 10.3. The van der Waals surface area contributed by atoms with Crippen molar-refractivity contribution in [1.82, 2.24) is 9.97 Å². The summed E-state index contributed by atoms with van der Waals surface area (Å²) in [5, 5.41) is 0. The molecule has 1 unspecified atom stereocenters. The van der Waals surface area contributed by atoms with Crippen LogP contribution in [0.4, 0.5) is 5.69 Å². The fourth-order valence-electron chi connectivity index (χ4n) is 1.46. The van der Waals surface area contributed by atoms with Crippen molar-refractivity contribution in [2.24, 2.45) is 0 Å². The second kappa shape index (κ2) is 5.05. The fourth-order valence-corrected chi connectivity index (χ4v) is 2.70. The van der Waals surface area contributed by atoms with Crippen molar-refractivity contribution in [1.29, 1.82) is 0 Å². The van der Waals surface area contributed by atoms with Crippen LogP contribution in [0.15, 0.2) is 41.6 Å². The molecule has 0 bridgehead atoms. The van der Waals surface area contributed by atoms with E-state index in [2.05, 4.69) is 9.97 Å². The van der Waals surface area contributed by atoms with Crippen molar-refractivity contribution in [3.8, 4) is 0 Å². The zero-order valence-electron chi connectivity index (χ0n) is 9.46. The highest BCUT2D eigenvalue weighted by Gasteiger charge is 2.10. The summed E-state index contributed by atoms with van der Waals surface area (Å²) >= 11 is 0. The van der Waals surface area contributed by atoms with Crippen LogP contribution in [0.5, 0.6) is 0 Å². The molecule has 0 saturated heterocycles. The highest BCUT2D eigenvalue weighted by atomic mass is 32.2. The normalized spacial score (nSPS) is 12.3. The molecule has 5 heteroatoms. The molecule has 1 aromatic heterocycles. The van der Waals surface area contributed by atoms with Gasteiger partial charge in [-0.3, -0.25) is 4.21 Å². The molecule has 1 heterocycles. The first kappa shape index (κ1) is 11.7. The topological polar surface area (TPSA) is 68.9 Å². The third kappa shape index (κ3) is 2.88. The molecule has 1 atom stereocenters. The van der Waals surface area contributed by atoms with E-state index in [9.17, 15) is 4.21 Å². The molecule has 4 nitrogen and oxygen atoms in total. The highest BCUT2D eigenvalue weighted by molar-refractivity contribution is 7.84. The molecule has 0 aliphatic heterocycles. The summed E-state index contributed by atoms with van der Waals surface area (Å²) in [6, 6.07) is 7.15. The Morgan fingerprint density at radius 3 is 2.71 bits per heavy atom. The van der Waals surface area contributed by atoms with Crippen LogP contribution in [0, 0.1) is 6.92 Å². The van der Waals surface area contributed by atoms with E-state index in [-0.39, 0.29) is 0 Å². The number of aryl methyl sites for hydroxylation is 1. The number of hydrogen-bond donors (Lipinski definition) is 1. The van der Waals surface area contributed by atoms with Gasteiger partial charge in [0, 0.05) is 23.0 Å². The van der Waals surface area contributed by atoms with Gasteiger partial charge in [-0.2, -0.15) is 0 Å². The van der Waals surface area contributed by atoms with Crippen LogP contribution >= 0.6 is 0 Å². The maximum absolute atomic E-state index is 12.2. The fraction of sp³-hybridized carbons (Fsp3) is 0.167. The number of rotatable bonds is 3. The van der Waals surface area contributed by atoms with Gasteiger partial charge in [-0.15, -0.1) is 0 Å². The Kier molecular flexibility index (Phi) is 3.49. The Balaban J connectivity index is 2.23. The molecule has 2 aromatic rings. The average molecular weight is 247 g/mol. The summed E-state index contributed by atoms with van der Waals surface area (Å²) in [5.74, 6) is 0.887. The van der Waals surface area contributed by atoms with E-state index in [0.717, 1.165) is 10.5 Å². The maximum Gasteiger partial charge on any atom is 0.141 e. The molecule has 0 spiro atoms.